The molecule has 0 amide bonds. The number of hydrogen-bond donors (Lipinski definition) is 1. The molecule has 0 spiro atoms. The van der Waals surface area contributed by atoms with Gasteiger partial charge in [-0.25, -0.2) is 4.98 Å². The molecule has 0 atom stereocenters. The molecule has 0 aliphatic rings. The molecule has 0 saturated heterocycles. The van der Waals surface area contributed by atoms with Crippen molar-refractivity contribution in [3.8, 4) is 0 Å². The Morgan fingerprint density at radius 3 is 2.33 bits per heavy atom. The monoisotopic (exact) mass is 259 g/mol. The van der Waals surface area contributed by atoms with Crippen LogP contribution in [0.4, 0.5) is 0 Å². The highest BCUT2D eigenvalue weighted by Gasteiger charge is 2.00. The minimum atomic E-state index is 0.103. The summed E-state index contributed by atoms with van der Waals surface area (Å²) in [5.74, 6) is 0.904. The molecule has 2 aromatic rings. The topological polar surface area (TPSA) is 33.1 Å². The van der Waals surface area contributed by atoms with Crippen LogP contribution in [0.3, 0.4) is 0 Å². The molecule has 1 N–H and O–H groups in total. The Kier molecular flexibility index (Phi) is 4.39. The first kappa shape index (κ1) is 13.1. The lowest BCUT2D eigenvalue weighted by Gasteiger charge is -2.05. The first-order valence-corrected chi connectivity index (χ1v) is 6.93. The first-order chi connectivity index (χ1) is 8.67. The van der Waals surface area contributed by atoms with Crippen LogP contribution in [0.25, 0.3) is 0 Å². The van der Waals surface area contributed by atoms with E-state index in [1.807, 2.05) is 19.1 Å². The zero-order valence-corrected chi connectivity index (χ0v) is 11.5. The van der Waals surface area contributed by atoms with Crippen molar-refractivity contribution in [2.75, 3.05) is 0 Å². The molecular formula is C15H17NOS. The molecule has 0 unspecified atom stereocenters. The summed E-state index contributed by atoms with van der Waals surface area (Å²) in [6.45, 7) is 4.22. The molecule has 0 aliphatic carbocycles. The highest BCUT2D eigenvalue weighted by Crippen LogP contribution is 2.22. The Hall–Kier alpha value is -1.32. The summed E-state index contributed by atoms with van der Waals surface area (Å²) in [6.07, 6.45) is 0. The summed E-state index contributed by atoms with van der Waals surface area (Å²) in [6, 6.07) is 12.2. The molecule has 1 aromatic heterocycles. The average molecular weight is 259 g/mol. The van der Waals surface area contributed by atoms with Crippen molar-refractivity contribution < 1.29 is 5.11 Å². The van der Waals surface area contributed by atoms with E-state index in [4.69, 9.17) is 5.11 Å². The number of aryl methyl sites for hydroxylation is 2. The lowest BCUT2D eigenvalue weighted by atomic mass is 10.2. The summed E-state index contributed by atoms with van der Waals surface area (Å²) in [5.41, 5.74) is 4.51. The maximum atomic E-state index is 8.98. The van der Waals surface area contributed by atoms with Gasteiger partial charge in [0, 0.05) is 11.4 Å². The van der Waals surface area contributed by atoms with Crippen LogP contribution in [0.1, 0.15) is 22.4 Å². The van der Waals surface area contributed by atoms with Crippen LogP contribution in [0.2, 0.25) is 0 Å². The molecule has 3 heteroatoms. The van der Waals surface area contributed by atoms with Gasteiger partial charge in [0.25, 0.3) is 0 Å². The van der Waals surface area contributed by atoms with Crippen molar-refractivity contribution in [3.63, 3.8) is 0 Å². The molecule has 94 valence electrons. The highest BCUT2D eigenvalue weighted by atomic mass is 32.2. The Bertz CT molecular complexity index is 502. The Labute approximate surface area is 112 Å². The van der Waals surface area contributed by atoms with Crippen molar-refractivity contribution in [2.45, 2.75) is 31.2 Å². The maximum absolute atomic E-state index is 8.98. The van der Waals surface area contributed by atoms with Gasteiger partial charge in [-0.15, -0.1) is 11.8 Å². The summed E-state index contributed by atoms with van der Waals surface area (Å²) >= 11 is 1.74. The molecular weight excluding hydrogens is 242 g/mol. The van der Waals surface area contributed by atoms with Gasteiger partial charge in [0.2, 0.25) is 0 Å². The number of aliphatic hydroxyl groups is 1. The first-order valence-electron chi connectivity index (χ1n) is 5.94. The van der Waals surface area contributed by atoms with Crippen molar-refractivity contribution in [2.24, 2.45) is 0 Å². The molecule has 2 nitrogen and oxygen atoms in total. The van der Waals surface area contributed by atoms with Crippen LogP contribution < -0.4 is 0 Å². The molecule has 0 fully saturated rings. The third kappa shape index (κ3) is 3.59. The Balaban J connectivity index is 2.01. The van der Waals surface area contributed by atoms with Crippen LogP contribution >= 0.6 is 11.8 Å². The SMILES string of the molecule is Cc1cc(C)nc(SCc2ccc(CO)cc2)c1. The van der Waals surface area contributed by atoms with Gasteiger partial charge < -0.3 is 5.11 Å². The highest BCUT2D eigenvalue weighted by molar-refractivity contribution is 7.98. The van der Waals surface area contributed by atoms with Crippen molar-refractivity contribution in [3.05, 3.63) is 58.8 Å². The van der Waals surface area contributed by atoms with E-state index in [0.29, 0.717) is 0 Å². The molecule has 1 heterocycles. The zero-order valence-electron chi connectivity index (χ0n) is 10.7. The second-order valence-corrected chi connectivity index (χ2v) is 5.38. The van der Waals surface area contributed by atoms with Crippen LogP contribution in [0.15, 0.2) is 41.4 Å². The summed E-state index contributed by atoms with van der Waals surface area (Å²) in [4.78, 5) is 4.51. The van der Waals surface area contributed by atoms with Gasteiger partial charge in [-0.1, -0.05) is 24.3 Å². The van der Waals surface area contributed by atoms with Crippen molar-refractivity contribution in [1.29, 1.82) is 0 Å². The number of aromatic nitrogens is 1. The second-order valence-electron chi connectivity index (χ2n) is 4.39. The molecule has 0 saturated carbocycles. The third-order valence-corrected chi connectivity index (χ3v) is 3.65. The summed E-state index contributed by atoms with van der Waals surface area (Å²) in [7, 11) is 0. The van der Waals surface area contributed by atoms with Gasteiger partial charge in [-0.05, 0) is 42.7 Å². The normalized spacial score (nSPS) is 10.6. The van der Waals surface area contributed by atoms with E-state index in [2.05, 4.69) is 36.2 Å². The van der Waals surface area contributed by atoms with Crippen LogP contribution in [0.5, 0.6) is 0 Å². The number of aliphatic hydroxyl groups excluding tert-OH is 1. The fraction of sp³-hybridized carbons (Fsp3) is 0.267. The predicted octanol–water partition coefficient (Wildman–Crippen LogP) is 3.48. The van der Waals surface area contributed by atoms with Crippen molar-refractivity contribution >= 4 is 11.8 Å². The minimum absolute atomic E-state index is 0.103. The number of pyridine rings is 1. The molecule has 2 rings (SSSR count). The smallest absolute Gasteiger partial charge is 0.0968 e. The second kappa shape index (κ2) is 6.03. The molecule has 0 bridgehead atoms. The van der Waals surface area contributed by atoms with Gasteiger partial charge >= 0.3 is 0 Å². The lowest BCUT2D eigenvalue weighted by molar-refractivity contribution is 0.282. The van der Waals surface area contributed by atoms with Crippen LogP contribution in [-0.4, -0.2) is 10.1 Å². The number of benzene rings is 1. The van der Waals surface area contributed by atoms with Gasteiger partial charge in [-0.3, -0.25) is 0 Å². The largest absolute Gasteiger partial charge is 0.392 e. The van der Waals surface area contributed by atoms with E-state index >= 15 is 0 Å². The Morgan fingerprint density at radius 2 is 1.72 bits per heavy atom. The lowest BCUT2D eigenvalue weighted by Crippen LogP contribution is -1.89. The minimum Gasteiger partial charge on any atom is -0.392 e. The van der Waals surface area contributed by atoms with E-state index < -0.39 is 0 Å². The van der Waals surface area contributed by atoms with E-state index in [9.17, 15) is 0 Å². The molecule has 0 radical (unpaired) electrons. The van der Waals surface area contributed by atoms with Gasteiger partial charge in [0.05, 0.1) is 11.6 Å². The zero-order chi connectivity index (χ0) is 13.0. The van der Waals surface area contributed by atoms with E-state index in [1.54, 1.807) is 11.8 Å². The predicted molar refractivity (Wildman–Crippen MR) is 75.6 cm³/mol. The summed E-state index contributed by atoms with van der Waals surface area (Å²) in [5, 5.41) is 10.1. The third-order valence-electron chi connectivity index (χ3n) is 2.67. The number of hydrogen-bond acceptors (Lipinski definition) is 3. The number of rotatable bonds is 4. The van der Waals surface area contributed by atoms with Crippen LogP contribution in [-0.2, 0) is 12.4 Å². The fourth-order valence-corrected chi connectivity index (χ4v) is 2.76. The van der Waals surface area contributed by atoms with Gasteiger partial charge in [-0.2, -0.15) is 0 Å². The average Bonchev–Trinajstić information content (AvgIpc) is 2.36. The van der Waals surface area contributed by atoms with E-state index in [-0.39, 0.29) is 6.61 Å². The number of nitrogens with zero attached hydrogens (tertiary/aromatic N) is 1. The fourth-order valence-electron chi connectivity index (χ4n) is 1.78. The molecule has 0 aliphatic heterocycles. The van der Waals surface area contributed by atoms with Crippen LogP contribution in [0, 0.1) is 13.8 Å². The summed E-state index contributed by atoms with van der Waals surface area (Å²) < 4.78 is 0. The van der Waals surface area contributed by atoms with Crippen molar-refractivity contribution in [1.82, 2.24) is 4.98 Å². The van der Waals surface area contributed by atoms with E-state index in [0.717, 1.165) is 22.0 Å². The van der Waals surface area contributed by atoms with E-state index in [1.165, 1.54) is 11.1 Å². The maximum Gasteiger partial charge on any atom is 0.0968 e. The quantitative estimate of drug-likeness (QED) is 0.853. The molecule has 18 heavy (non-hydrogen) atoms. The molecule has 1 aromatic carbocycles. The van der Waals surface area contributed by atoms with Gasteiger partial charge in [0.15, 0.2) is 0 Å². The number of thioether (sulfide) groups is 1. The Morgan fingerprint density at radius 1 is 1.06 bits per heavy atom. The van der Waals surface area contributed by atoms with Gasteiger partial charge in [0.1, 0.15) is 0 Å². The standard InChI is InChI=1S/C15H17NOS/c1-11-7-12(2)16-15(8-11)18-10-14-5-3-13(9-17)4-6-14/h3-8,17H,9-10H2,1-2H3.